The molecule has 0 atom stereocenters. The fourth-order valence-corrected chi connectivity index (χ4v) is 3.13. The number of para-hydroxylation sites is 2. The molecule has 0 aliphatic rings. The number of benzene rings is 3. The zero-order chi connectivity index (χ0) is 23.1. The van der Waals surface area contributed by atoms with Crippen LogP contribution in [0.2, 0.25) is 0 Å². The van der Waals surface area contributed by atoms with Gasteiger partial charge in [0.2, 0.25) is 5.91 Å². The highest BCUT2D eigenvalue weighted by molar-refractivity contribution is 6.06. The fourth-order valence-electron chi connectivity index (χ4n) is 3.13. The molecule has 3 aromatic carbocycles. The van der Waals surface area contributed by atoms with Gasteiger partial charge in [-0.1, -0.05) is 42.5 Å². The molecule has 0 spiro atoms. The Labute approximate surface area is 183 Å². The molecule has 2 N–H and O–H groups in total. The molecule has 0 unspecified atom stereocenters. The van der Waals surface area contributed by atoms with E-state index in [1.165, 1.54) is 18.2 Å². The minimum Gasteiger partial charge on any atom is -0.406 e. The smallest absolute Gasteiger partial charge is 0.406 e. The zero-order valence-corrected chi connectivity index (χ0v) is 17.2. The summed E-state index contributed by atoms with van der Waals surface area (Å²) in [5.74, 6) is -1.04. The number of carbonyl (C=O) groups is 2. The number of rotatable bonds is 7. The Kier molecular flexibility index (Phi) is 7.14. The van der Waals surface area contributed by atoms with E-state index in [0.29, 0.717) is 22.5 Å². The Morgan fingerprint density at radius 1 is 0.875 bits per heavy atom. The van der Waals surface area contributed by atoms with Crippen LogP contribution in [0.15, 0.2) is 72.8 Å². The van der Waals surface area contributed by atoms with Crippen molar-refractivity contribution in [2.24, 2.45) is 0 Å². The van der Waals surface area contributed by atoms with Crippen LogP contribution >= 0.6 is 0 Å². The normalized spacial score (nSPS) is 11.0. The van der Waals surface area contributed by atoms with Gasteiger partial charge in [0, 0.05) is 23.4 Å². The number of carbonyl (C=O) groups excluding carboxylic acids is 2. The van der Waals surface area contributed by atoms with Gasteiger partial charge in [-0.2, -0.15) is 0 Å². The number of hydrogen-bond donors (Lipinski definition) is 2. The maximum absolute atomic E-state index is 12.6. The van der Waals surface area contributed by atoms with Gasteiger partial charge in [-0.3, -0.25) is 9.59 Å². The summed E-state index contributed by atoms with van der Waals surface area (Å²) in [6.45, 7) is 1.71. The third-order valence-electron chi connectivity index (χ3n) is 4.70. The standard InChI is InChI=1S/C24H21F3N2O3/c1-16-19(23(31)28-18-9-3-2-4-10-18)11-7-12-20(16)29-22(30)15-14-17-8-5-6-13-21(17)32-24(25,26)27/h2-13H,14-15H2,1H3,(H,28,31)(H,29,30). The van der Waals surface area contributed by atoms with Crippen LogP contribution < -0.4 is 15.4 Å². The molecule has 0 aliphatic carbocycles. The minimum absolute atomic E-state index is 0.0574. The van der Waals surface area contributed by atoms with E-state index in [0.717, 1.165) is 0 Å². The largest absolute Gasteiger partial charge is 0.573 e. The lowest BCUT2D eigenvalue weighted by Gasteiger charge is -2.14. The third-order valence-corrected chi connectivity index (χ3v) is 4.70. The molecule has 32 heavy (non-hydrogen) atoms. The summed E-state index contributed by atoms with van der Waals surface area (Å²) in [6.07, 6.45) is -4.81. The average molecular weight is 442 g/mol. The molecule has 2 amide bonds. The summed E-state index contributed by atoms with van der Waals surface area (Å²) in [7, 11) is 0. The van der Waals surface area contributed by atoms with Crippen LogP contribution in [0.1, 0.15) is 27.9 Å². The molecule has 0 aromatic heterocycles. The molecule has 0 aliphatic heterocycles. The molecular formula is C24H21F3N2O3. The Hall–Kier alpha value is -3.81. The summed E-state index contributed by atoms with van der Waals surface area (Å²) < 4.78 is 41.7. The second-order valence-electron chi connectivity index (χ2n) is 7.00. The van der Waals surface area contributed by atoms with Gasteiger partial charge in [0.25, 0.3) is 5.91 Å². The first-order valence-electron chi connectivity index (χ1n) is 9.82. The van der Waals surface area contributed by atoms with Gasteiger partial charge in [0.15, 0.2) is 0 Å². The lowest BCUT2D eigenvalue weighted by atomic mass is 10.0. The van der Waals surface area contributed by atoms with E-state index in [1.54, 1.807) is 55.5 Å². The summed E-state index contributed by atoms with van der Waals surface area (Å²) in [4.78, 5) is 25.0. The van der Waals surface area contributed by atoms with E-state index >= 15 is 0 Å². The van der Waals surface area contributed by atoms with E-state index in [1.807, 2.05) is 6.07 Å². The van der Waals surface area contributed by atoms with E-state index in [4.69, 9.17) is 0 Å². The molecule has 8 heteroatoms. The molecule has 0 fully saturated rings. The monoisotopic (exact) mass is 442 g/mol. The topological polar surface area (TPSA) is 67.4 Å². The SMILES string of the molecule is Cc1c(NC(=O)CCc2ccccc2OC(F)(F)F)cccc1C(=O)Nc1ccccc1. The Morgan fingerprint density at radius 2 is 1.56 bits per heavy atom. The number of alkyl halides is 3. The molecule has 3 aromatic rings. The highest BCUT2D eigenvalue weighted by Crippen LogP contribution is 2.27. The van der Waals surface area contributed by atoms with Crippen LogP contribution in [0.5, 0.6) is 5.75 Å². The molecule has 0 bridgehead atoms. The van der Waals surface area contributed by atoms with Crippen LogP contribution in [0.3, 0.4) is 0 Å². The van der Waals surface area contributed by atoms with Gasteiger partial charge in [-0.05, 0) is 54.8 Å². The van der Waals surface area contributed by atoms with Crippen LogP contribution in [-0.4, -0.2) is 18.2 Å². The minimum atomic E-state index is -4.81. The van der Waals surface area contributed by atoms with Crippen molar-refractivity contribution in [3.63, 3.8) is 0 Å². The van der Waals surface area contributed by atoms with Crippen LogP contribution in [0.25, 0.3) is 0 Å². The lowest BCUT2D eigenvalue weighted by Crippen LogP contribution is -2.19. The first kappa shape index (κ1) is 22.9. The molecule has 0 saturated heterocycles. The summed E-state index contributed by atoms with van der Waals surface area (Å²) in [5, 5.41) is 5.52. The fraction of sp³-hybridized carbons (Fsp3) is 0.167. The van der Waals surface area contributed by atoms with Crippen LogP contribution in [-0.2, 0) is 11.2 Å². The van der Waals surface area contributed by atoms with Crippen LogP contribution in [0.4, 0.5) is 24.5 Å². The van der Waals surface area contributed by atoms with Crippen molar-refractivity contribution in [1.82, 2.24) is 0 Å². The van der Waals surface area contributed by atoms with E-state index in [-0.39, 0.29) is 30.1 Å². The number of amides is 2. The molecule has 5 nitrogen and oxygen atoms in total. The van der Waals surface area contributed by atoms with Crippen LogP contribution in [0, 0.1) is 6.92 Å². The molecule has 0 radical (unpaired) electrons. The number of ether oxygens (including phenoxy) is 1. The van der Waals surface area contributed by atoms with E-state index in [2.05, 4.69) is 15.4 Å². The summed E-state index contributed by atoms with van der Waals surface area (Å²) in [5.41, 5.74) is 2.35. The predicted octanol–water partition coefficient (Wildman–Crippen LogP) is 5.72. The maximum Gasteiger partial charge on any atom is 0.573 e. The average Bonchev–Trinajstić information content (AvgIpc) is 2.74. The molecule has 0 saturated carbocycles. The first-order chi connectivity index (χ1) is 15.2. The predicted molar refractivity (Wildman–Crippen MR) is 116 cm³/mol. The van der Waals surface area contributed by atoms with Crippen molar-refractivity contribution < 1.29 is 27.5 Å². The molecule has 166 valence electrons. The van der Waals surface area contributed by atoms with Gasteiger partial charge < -0.3 is 15.4 Å². The summed E-state index contributed by atoms with van der Waals surface area (Å²) in [6, 6.07) is 19.6. The van der Waals surface area contributed by atoms with Gasteiger partial charge in [-0.15, -0.1) is 13.2 Å². The number of halogens is 3. The van der Waals surface area contributed by atoms with Gasteiger partial charge in [0.05, 0.1) is 0 Å². The Morgan fingerprint density at radius 3 is 2.28 bits per heavy atom. The maximum atomic E-state index is 12.6. The second-order valence-corrected chi connectivity index (χ2v) is 7.00. The molecular weight excluding hydrogens is 421 g/mol. The van der Waals surface area contributed by atoms with Gasteiger partial charge in [-0.25, -0.2) is 0 Å². The van der Waals surface area contributed by atoms with Gasteiger partial charge in [0.1, 0.15) is 5.75 Å². The van der Waals surface area contributed by atoms with Crippen molar-refractivity contribution in [2.75, 3.05) is 10.6 Å². The van der Waals surface area contributed by atoms with Gasteiger partial charge >= 0.3 is 6.36 Å². The third kappa shape index (κ3) is 6.34. The number of anilines is 2. The highest BCUT2D eigenvalue weighted by atomic mass is 19.4. The first-order valence-corrected chi connectivity index (χ1v) is 9.82. The number of hydrogen-bond acceptors (Lipinski definition) is 3. The van der Waals surface area contributed by atoms with Crippen molar-refractivity contribution in [3.8, 4) is 5.75 Å². The van der Waals surface area contributed by atoms with Crippen molar-refractivity contribution in [2.45, 2.75) is 26.1 Å². The Bertz CT molecular complexity index is 1100. The van der Waals surface area contributed by atoms with E-state index < -0.39 is 12.3 Å². The molecule has 3 rings (SSSR count). The molecule has 0 heterocycles. The number of nitrogens with one attached hydrogen (secondary N) is 2. The Balaban J connectivity index is 1.65. The quantitative estimate of drug-likeness (QED) is 0.492. The number of aryl methyl sites for hydroxylation is 1. The van der Waals surface area contributed by atoms with Crippen molar-refractivity contribution >= 4 is 23.2 Å². The van der Waals surface area contributed by atoms with Crippen molar-refractivity contribution in [1.29, 1.82) is 0 Å². The summed E-state index contributed by atoms with van der Waals surface area (Å²) >= 11 is 0. The highest BCUT2D eigenvalue weighted by Gasteiger charge is 2.32. The van der Waals surface area contributed by atoms with Crippen molar-refractivity contribution in [3.05, 3.63) is 89.5 Å². The lowest BCUT2D eigenvalue weighted by molar-refractivity contribution is -0.274. The second kappa shape index (κ2) is 10.00. The van der Waals surface area contributed by atoms with E-state index in [9.17, 15) is 22.8 Å². The zero-order valence-electron chi connectivity index (χ0n) is 17.2.